The van der Waals surface area contributed by atoms with Crippen LogP contribution >= 0.6 is 22.9 Å². The average Bonchev–Trinajstić information content (AvgIpc) is 3.25. The van der Waals surface area contributed by atoms with Crippen LogP contribution in [0.1, 0.15) is 34.9 Å². The molecule has 0 amide bonds. The van der Waals surface area contributed by atoms with Crippen LogP contribution in [-0.2, 0) is 9.53 Å². The first-order chi connectivity index (χ1) is 13.2. The molecule has 7 heteroatoms. The molecule has 0 bridgehead atoms. The lowest BCUT2D eigenvalue weighted by Gasteiger charge is -2.26. The van der Waals surface area contributed by atoms with Gasteiger partial charge >= 0.3 is 0 Å². The highest BCUT2D eigenvalue weighted by molar-refractivity contribution is 7.17. The lowest BCUT2D eigenvalue weighted by Crippen LogP contribution is -2.36. The molecule has 2 unspecified atom stereocenters. The van der Waals surface area contributed by atoms with Crippen LogP contribution in [0.3, 0.4) is 0 Å². The van der Waals surface area contributed by atoms with Crippen LogP contribution in [0.4, 0.5) is 5.13 Å². The number of morpholine rings is 1. The van der Waals surface area contributed by atoms with E-state index >= 15 is 0 Å². The van der Waals surface area contributed by atoms with E-state index in [4.69, 9.17) is 21.3 Å². The number of hydrogen-bond acceptors (Lipinski definition) is 6. The first-order valence-corrected chi connectivity index (χ1v) is 10.6. The van der Waals surface area contributed by atoms with Gasteiger partial charge in [-0.25, -0.2) is 4.98 Å². The van der Waals surface area contributed by atoms with E-state index in [1.807, 2.05) is 12.1 Å². The Morgan fingerprint density at radius 2 is 1.85 bits per heavy atom. The Morgan fingerprint density at radius 3 is 2.63 bits per heavy atom. The molecular weight excluding hydrogens is 382 g/mol. The van der Waals surface area contributed by atoms with Crippen molar-refractivity contribution in [1.82, 2.24) is 4.98 Å². The number of hydrogen-bond donors (Lipinski definition) is 0. The standard InChI is InChI=1S/C20H20ClN3O2S/c21-13-3-1-12(2-4-13)14-5-6-15-16(25)11-22-17(15)19-18(14)23-20(27-19)24-7-9-26-10-8-24/h1-4,14-15H,5-11H2. The van der Waals surface area contributed by atoms with Gasteiger partial charge < -0.3 is 9.64 Å². The van der Waals surface area contributed by atoms with Gasteiger partial charge in [0.15, 0.2) is 10.9 Å². The Kier molecular flexibility index (Phi) is 4.50. The molecule has 0 saturated carbocycles. The van der Waals surface area contributed by atoms with E-state index < -0.39 is 0 Å². The van der Waals surface area contributed by atoms with Crippen molar-refractivity contribution >= 4 is 39.6 Å². The van der Waals surface area contributed by atoms with Crippen molar-refractivity contribution in [2.24, 2.45) is 10.9 Å². The molecule has 2 aliphatic heterocycles. The third kappa shape index (κ3) is 3.10. The Balaban J connectivity index is 1.60. The summed E-state index contributed by atoms with van der Waals surface area (Å²) in [7, 11) is 0. The van der Waals surface area contributed by atoms with Gasteiger partial charge in [0.25, 0.3) is 0 Å². The monoisotopic (exact) mass is 401 g/mol. The fourth-order valence-electron chi connectivity index (χ4n) is 4.18. The number of ether oxygens (including phenoxy) is 1. The number of rotatable bonds is 2. The number of ketones is 1. The molecule has 2 atom stereocenters. The summed E-state index contributed by atoms with van der Waals surface area (Å²) in [6.07, 6.45) is 1.73. The largest absolute Gasteiger partial charge is 0.378 e. The molecule has 1 aliphatic carbocycles. The SMILES string of the molecule is O=C1CN=C2c3sc(N4CCOCC4)nc3C(c3ccc(Cl)cc3)CCC12. The Hall–Kier alpha value is -1.76. The molecule has 140 valence electrons. The summed E-state index contributed by atoms with van der Waals surface area (Å²) < 4.78 is 5.48. The molecule has 1 saturated heterocycles. The van der Waals surface area contributed by atoms with Crippen molar-refractivity contribution in [1.29, 1.82) is 0 Å². The number of halogens is 1. The van der Waals surface area contributed by atoms with E-state index in [2.05, 4.69) is 22.0 Å². The van der Waals surface area contributed by atoms with Crippen LogP contribution < -0.4 is 4.90 Å². The van der Waals surface area contributed by atoms with Crippen LogP contribution in [0, 0.1) is 5.92 Å². The number of benzene rings is 1. The maximum atomic E-state index is 12.4. The molecule has 0 spiro atoms. The Labute approximate surface area is 167 Å². The summed E-state index contributed by atoms with van der Waals surface area (Å²) in [6, 6.07) is 8.02. The molecule has 3 aliphatic rings. The molecule has 27 heavy (non-hydrogen) atoms. The number of anilines is 1. The number of Topliss-reactive ketones (excluding diaryl/α,β-unsaturated/α-hetero) is 1. The fraction of sp³-hybridized carbons (Fsp3) is 0.450. The van der Waals surface area contributed by atoms with Crippen molar-refractivity contribution in [3.05, 3.63) is 45.4 Å². The predicted octanol–water partition coefficient (Wildman–Crippen LogP) is 3.55. The smallest absolute Gasteiger partial charge is 0.186 e. The first kappa shape index (κ1) is 17.3. The fourth-order valence-corrected chi connectivity index (χ4v) is 5.55. The molecular formula is C20H20ClN3O2S. The van der Waals surface area contributed by atoms with E-state index in [1.54, 1.807) is 11.3 Å². The van der Waals surface area contributed by atoms with Crippen LogP contribution in [0.25, 0.3) is 0 Å². The number of carbonyl (C=O) groups excluding carboxylic acids is 1. The minimum Gasteiger partial charge on any atom is -0.378 e. The van der Waals surface area contributed by atoms with Crippen LogP contribution in [-0.4, -0.2) is 49.3 Å². The molecule has 3 heterocycles. The van der Waals surface area contributed by atoms with E-state index in [-0.39, 0.29) is 17.6 Å². The van der Waals surface area contributed by atoms with Crippen molar-refractivity contribution < 1.29 is 9.53 Å². The second-order valence-corrected chi connectivity index (χ2v) is 8.63. The molecule has 1 fully saturated rings. The number of aliphatic imine (C=N–C) groups is 1. The first-order valence-electron chi connectivity index (χ1n) is 9.37. The number of thiazole rings is 1. The summed E-state index contributed by atoms with van der Waals surface area (Å²) in [5.41, 5.74) is 3.23. The van der Waals surface area contributed by atoms with Gasteiger partial charge in [-0.1, -0.05) is 35.1 Å². The number of fused-ring (bicyclic) bond motifs is 3. The van der Waals surface area contributed by atoms with Gasteiger partial charge in [-0.2, -0.15) is 0 Å². The zero-order valence-electron chi connectivity index (χ0n) is 14.9. The highest BCUT2D eigenvalue weighted by atomic mass is 35.5. The van der Waals surface area contributed by atoms with Crippen molar-refractivity contribution in [2.75, 3.05) is 37.7 Å². The van der Waals surface area contributed by atoms with Gasteiger partial charge in [0.2, 0.25) is 0 Å². The van der Waals surface area contributed by atoms with Crippen molar-refractivity contribution in [2.45, 2.75) is 18.8 Å². The third-order valence-corrected chi connectivity index (χ3v) is 7.03. The quantitative estimate of drug-likeness (QED) is 0.772. The van der Waals surface area contributed by atoms with Crippen LogP contribution in [0.15, 0.2) is 29.3 Å². The summed E-state index contributed by atoms with van der Waals surface area (Å²) in [4.78, 5) is 25.5. The number of nitrogens with zero attached hydrogens (tertiary/aromatic N) is 3. The van der Waals surface area contributed by atoms with Gasteiger partial charge in [-0.15, -0.1) is 0 Å². The van der Waals surface area contributed by atoms with E-state index in [1.165, 1.54) is 5.56 Å². The molecule has 0 N–H and O–H groups in total. The van der Waals surface area contributed by atoms with E-state index in [9.17, 15) is 4.79 Å². The van der Waals surface area contributed by atoms with Gasteiger partial charge in [-0.3, -0.25) is 9.79 Å². The number of aromatic nitrogens is 1. The normalized spacial score (nSPS) is 25.0. The average molecular weight is 402 g/mol. The van der Waals surface area contributed by atoms with E-state index in [0.29, 0.717) is 6.54 Å². The summed E-state index contributed by atoms with van der Waals surface area (Å²) >= 11 is 7.78. The minimum atomic E-state index is -0.0703. The molecule has 1 aromatic heterocycles. The van der Waals surface area contributed by atoms with Gasteiger partial charge in [0.1, 0.15) is 0 Å². The topological polar surface area (TPSA) is 54.8 Å². The highest BCUT2D eigenvalue weighted by Gasteiger charge is 2.39. The lowest BCUT2D eigenvalue weighted by atomic mass is 9.90. The second kappa shape index (κ2) is 7.00. The Morgan fingerprint density at radius 1 is 1.11 bits per heavy atom. The summed E-state index contributed by atoms with van der Waals surface area (Å²) in [5, 5.41) is 1.75. The summed E-state index contributed by atoms with van der Waals surface area (Å²) in [6.45, 7) is 3.48. The maximum absolute atomic E-state index is 12.4. The molecule has 5 rings (SSSR count). The second-order valence-electron chi connectivity index (χ2n) is 7.21. The van der Waals surface area contributed by atoms with Crippen LogP contribution in [0.5, 0.6) is 0 Å². The minimum absolute atomic E-state index is 0.0703. The lowest BCUT2D eigenvalue weighted by molar-refractivity contribution is -0.119. The third-order valence-electron chi connectivity index (χ3n) is 5.63. The van der Waals surface area contributed by atoms with Gasteiger partial charge in [0.05, 0.1) is 42.0 Å². The van der Waals surface area contributed by atoms with Gasteiger partial charge in [-0.05, 0) is 30.5 Å². The Bertz CT molecular complexity index is 902. The zero-order chi connectivity index (χ0) is 18.4. The molecule has 5 nitrogen and oxygen atoms in total. The molecule has 1 aromatic carbocycles. The zero-order valence-corrected chi connectivity index (χ0v) is 16.4. The highest BCUT2D eigenvalue weighted by Crippen LogP contribution is 2.43. The van der Waals surface area contributed by atoms with E-state index in [0.717, 1.165) is 65.6 Å². The molecule has 0 radical (unpaired) electrons. The van der Waals surface area contributed by atoms with Crippen molar-refractivity contribution in [3.8, 4) is 0 Å². The van der Waals surface area contributed by atoms with Gasteiger partial charge in [0, 0.05) is 24.0 Å². The molecule has 2 aromatic rings. The van der Waals surface area contributed by atoms with Crippen LogP contribution in [0.2, 0.25) is 5.02 Å². The maximum Gasteiger partial charge on any atom is 0.186 e. The van der Waals surface area contributed by atoms with Crippen molar-refractivity contribution in [3.63, 3.8) is 0 Å². The summed E-state index contributed by atoms with van der Waals surface area (Å²) in [5.74, 6) is 0.345. The number of carbonyl (C=O) groups is 1. The predicted molar refractivity (Wildman–Crippen MR) is 108 cm³/mol.